The van der Waals surface area contributed by atoms with Crippen LogP contribution in [-0.2, 0) is 11.2 Å². The lowest BCUT2D eigenvalue weighted by Gasteiger charge is -2.21. The average Bonchev–Trinajstić information content (AvgIpc) is 2.65. The number of aliphatic carboxylic acids is 1. The molecule has 0 saturated heterocycles. The van der Waals surface area contributed by atoms with E-state index in [9.17, 15) is 15.0 Å². The number of phenolic OH excluding ortho intramolecular Hbond substituents is 1. The number of benzene rings is 1. The maximum absolute atomic E-state index is 10.9. The van der Waals surface area contributed by atoms with Crippen molar-refractivity contribution in [2.24, 2.45) is 5.73 Å². The fraction of sp³-hybridized carbons (Fsp3) is 0.650. The van der Waals surface area contributed by atoms with Crippen LogP contribution >= 0.6 is 11.8 Å². The zero-order chi connectivity index (χ0) is 20.2. The number of aliphatic hydroxyl groups is 1. The number of unbranched alkanes of at least 4 members (excludes halogenated alkanes) is 2. The molecule has 2 unspecified atom stereocenters. The highest BCUT2D eigenvalue weighted by atomic mass is 32.2. The van der Waals surface area contributed by atoms with Crippen molar-refractivity contribution in [2.75, 3.05) is 12.9 Å². The van der Waals surface area contributed by atoms with Gasteiger partial charge in [0.05, 0.1) is 13.2 Å². The smallest absolute Gasteiger partial charge is 0.321 e. The Morgan fingerprint density at radius 2 is 2.04 bits per heavy atom. The molecule has 5 N–H and O–H groups in total. The number of methoxy groups -OCH3 is 1. The summed E-state index contributed by atoms with van der Waals surface area (Å²) in [7, 11) is 1.51. The first kappa shape index (κ1) is 23.6. The van der Waals surface area contributed by atoms with E-state index in [1.54, 1.807) is 23.9 Å². The topological polar surface area (TPSA) is 113 Å². The Labute approximate surface area is 166 Å². The summed E-state index contributed by atoms with van der Waals surface area (Å²) in [6.45, 7) is 2.14. The van der Waals surface area contributed by atoms with Crippen LogP contribution in [0.4, 0.5) is 0 Å². The molecular weight excluding hydrogens is 366 g/mol. The minimum absolute atomic E-state index is 0.101. The number of ether oxygens (including phenoxy) is 1. The minimum atomic E-state index is -0.989. The second kappa shape index (κ2) is 12.9. The molecule has 0 spiro atoms. The highest BCUT2D eigenvalue weighted by Gasteiger charge is 2.19. The van der Waals surface area contributed by atoms with E-state index in [1.165, 1.54) is 7.11 Å². The van der Waals surface area contributed by atoms with E-state index in [0.29, 0.717) is 30.8 Å². The SMILES string of the molecule is CCCCCC(CC(O)CCc1ccc(O)c(OC)c1)SC[C@H](N)C(=O)O. The number of carboxylic acids is 1. The van der Waals surface area contributed by atoms with Crippen LogP contribution in [0, 0.1) is 0 Å². The van der Waals surface area contributed by atoms with Gasteiger partial charge in [-0.3, -0.25) is 4.79 Å². The van der Waals surface area contributed by atoms with E-state index in [-0.39, 0.29) is 11.0 Å². The molecule has 0 aliphatic heterocycles. The van der Waals surface area contributed by atoms with Gasteiger partial charge in [-0.15, -0.1) is 0 Å². The second-order valence-corrected chi connectivity index (χ2v) is 8.16. The van der Waals surface area contributed by atoms with Gasteiger partial charge in [-0.2, -0.15) is 11.8 Å². The van der Waals surface area contributed by atoms with Gasteiger partial charge in [-0.1, -0.05) is 32.3 Å². The summed E-state index contributed by atoms with van der Waals surface area (Å²) in [6.07, 6.45) is 5.71. The lowest BCUT2D eigenvalue weighted by Crippen LogP contribution is -2.33. The molecule has 154 valence electrons. The summed E-state index contributed by atoms with van der Waals surface area (Å²) in [4.78, 5) is 10.9. The Balaban J connectivity index is 2.52. The van der Waals surface area contributed by atoms with Crippen molar-refractivity contribution in [3.63, 3.8) is 0 Å². The van der Waals surface area contributed by atoms with Crippen LogP contribution in [0.25, 0.3) is 0 Å². The third-order valence-corrected chi connectivity index (χ3v) is 5.95. The minimum Gasteiger partial charge on any atom is -0.504 e. The molecular formula is C20H33NO5S. The second-order valence-electron chi connectivity index (χ2n) is 6.83. The van der Waals surface area contributed by atoms with Crippen LogP contribution in [0.2, 0.25) is 0 Å². The van der Waals surface area contributed by atoms with Crippen molar-refractivity contribution >= 4 is 17.7 Å². The van der Waals surface area contributed by atoms with Crippen LogP contribution in [0.1, 0.15) is 51.0 Å². The van der Waals surface area contributed by atoms with Gasteiger partial charge in [0.15, 0.2) is 11.5 Å². The summed E-state index contributed by atoms with van der Waals surface area (Å²) in [5.41, 5.74) is 6.60. The zero-order valence-corrected chi connectivity index (χ0v) is 17.1. The molecule has 0 aromatic heterocycles. The monoisotopic (exact) mass is 399 g/mol. The molecule has 27 heavy (non-hydrogen) atoms. The number of carbonyl (C=O) groups is 1. The Morgan fingerprint density at radius 1 is 1.30 bits per heavy atom. The number of nitrogens with two attached hydrogens (primary N) is 1. The van der Waals surface area contributed by atoms with Crippen LogP contribution in [0.5, 0.6) is 11.5 Å². The number of phenols is 1. The molecule has 0 fully saturated rings. The number of hydrogen-bond acceptors (Lipinski definition) is 6. The molecule has 0 aliphatic rings. The van der Waals surface area contributed by atoms with Crippen LogP contribution in [0.15, 0.2) is 18.2 Å². The van der Waals surface area contributed by atoms with Crippen molar-refractivity contribution in [3.05, 3.63) is 23.8 Å². The van der Waals surface area contributed by atoms with E-state index in [4.69, 9.17) is 15.6 Å². The Bertz CT molecular complexity index is 569. The summed E-state index contributed by atoms with van der Waals surface area (Å²) >= 11 is 1.55. The van der Waals surface area contributed by atoms with Crippen LogP contribution in [0.3, 0.4) is 0 Å². The van der Waals surface area contributed by atoms with Gasteiger partial charge in [0, 0.05) is 11.0 Å². The molecule has 7 heteroatoms. The van der Waals surface area contributed by atoms with Gasteiger partial charge in [0.2, 0.25) is 0 Å². The fourth-order valence-corrected chi connectivity index (χ4v) is 4.15. The third kappa shape index (κ3) is 9.35. The lowest BCUT2D eigenvalue weighted by atomic mass is 10.0. The van der Waals surface area contributed by atoms with E-state index >= 15 is 0 Å². The van der Waals surface area contributed by atoms with Crippen LogP contribution in [-0.4, -0.2) is 51.5 Å². The summed E-state index contributed by atoms with van der Waals surface area (Å²) in [5.74, 6) is -0.105. The Hall–Kier alpha value is -1.44. The van der Waals surface area contributed by atoms with E-state index in [1.807, 2.05) is 6.07 Å². The molecule has 0 radical (unpaired) electrons. The number of thioether (sulfide) groups is 1. The molecule has 1 rings (SSSR count). The lowest BCUT2D eigenvalue weighted by molar-refractivity contribution is -0.137. The molecule has 0 heterocycles. The van der Waals surface area contributed by atoms with E-state index in [0.717, 1.165) is 31.2 Å². The predicted molar refractivity (Wildman–Crippen MR) is 110 cm³/mol. The van der Waals surface area contributed by atoms with Gasteiger partial charge in [0.25, 0.3) is 0 Å². The Morgan fingerprint density at radius 3 is 2.67 bits per heavy atom. The van der Waals surface area contributed by atoms with Gasteiger partial charge in [0.1, 0.15) is 6.04 Å². The number of carboxylic acid groups (broad SMARTS) is 1. The maximum atomic E-state index is 10.9. The first-order chi connectivity index (χ1) is 12.9. The van der Waals surface area contributed by atoms with Crippen molar-refractivity contribution < 1.29 is 24.9 Å². The molecule has 0 saturated carbocycles. The number of aliphatic hydroxyl groups excluding tert-OH is 1. The van der Waals surface area contributed by atoms with Crippen molar-refractivity contribution in [3.8, 4) is 11.5 Å². The standard InChI is InChI=1S/C20H33NO5S/c1-3-4-5-6-16(27-13-17(21)20(24)25)12-15(22)9-7-14-8-10-18(23)19(11-14)26-2/h8,10-11,15-17,22-23H,3-7,9,12-13,21H2,1-2H3,(H,24,25)/t15?,16?,17-/m0/s1. The molecule has 1 aromatic carbocycles. The highest BCUT2D eigenvalue weighted by molar-refractivity contribution is 7.99. The maximum Gasteiger partial charge on any atom is 0.321 e. The fourth-order valence-electron chi connectivity index (χ4n) is 2.83. The molecule has 0 bridgehead atoms. The van der Waals surface area contributed by atoms with Crippen molar-refractivity contribution in [1.29, 1.82) is 0 Å². The van der Waals surface area contributed by atoms with Gasteiger partial charge in [-0.25, -0.2) is 0 Å². The number of rotatable bonds is 14. The van der Waals surface area contributed by atoms with Crippen LogP contribution < -0.4 is 10.5 Å². The molecule has 0 aliphatic carbocycles. The third-order valence-electron chi connectivity index (χ3n) is 4.50. The summed E-state index contributed by atoms with van der Waals surface area (Å²) in [5, 5.41) is 29.2. The summed E-state index contributed by atoms with van der Waals surface area (Å²) < 4.78 is 5.11. The first-order valence-electron chi connectivity index (χ1n) is 9.51. The normalized spacial score (nSPS) is 14.5. The van der Waals surface area contributed by atoms with E-state index in [2.05, 4.69) is 6.92 Å². The highest BCUT2D eigenvalue weighted by Crippen LogP contribution is 2.28. The number of hydrogen-bond donors (Lipinski definition) is 4. The molecule has 3 atom stereocenters. The zero-order valence-electron chi connectivity index (χ0n) is 16.3. The van der Waals surface area contributed by atoms with Crippen molar-refractivity contribution in [2.45, 2.75) is 69.3 Å². The van der Waals surface area contributed by atoms with Gasteiger partial charge >= 0.3 is 5.97 Å². The van der Waals surface area contributed by atoms with Gasteiger partial charge < -0.3 is 25.8 Å². The van der Waals surface area contributed by atoms with Gasteiger partial charge in [-0.05, 0) is 43.4 Å². The molecule has 1 aromatic rings. The Kier molecular flexibility index (Phi) is 11.2. The number of aryl methyl sites for hydroxylation is 1. The predicted octanol–water partition coefficient (Wildman–Crippen LogP) is 3.18. The summed E-state index contributed by atoms with van der Waals surface area (Å²) in [6, 6.07) is 4.33. The largest absolute Gasteiger partial charge is 0.504 e. The quantitative estimate of drug-likeness (QED) is 0.355. The first-order valence-corrected chi connectivity index (χ1v) is 10.6. The molecule has 6 nitrogen and oxygen atoms in total. The number of aromatic hydroxyl groups is 1. The molecule has 0 amide bonds. The van der Waals surface area contributed by atoms with E-state index < -0.39 is 18.1 Å². The average molecular weight is 400 g/mol. The van der Waals surface area contributed by atoms with Crippen molar-refractivity contribution in [1.82, 2.24) is 0 Å².